The Balaban J connectivity index is 1.69. The zero-order chi connectivity index (χ0) is 27.6. The molecule has 0 fully saturated rings. The second kappa shape index (κ2) is 10.9. The lowest BCUT2D eigenvalue weighted by Crippen LogP contribution is -2.57. The summed E-state index contributed by atoms with van der Waals surface area (Å²) in [6.07, 6.45) is 0.443. The number of aromatic hydroxyl groups is 1. The number of ether oxygens (including phenoxy) is 1. The summed E-state index contributed by atoms with van der Waals surface area (Å²) in [5.41, 5.74) is -1.64. The summed E-state index contributed by atoms with van der Waals surface area (Å²) in [6.45, 7) is -0.826. The molecule has 3 aromatic rings. The van der Waals surface area contributed by atoms with E-state index < -0.39 is 64.1 Å². The normalized spacial score (nSPS) is 13.0. The number of nitrogens with zero attached hydrogens (tertiary/aromatic N) is 3. The summed E-state index contributed by atoms with van der Waals surface area (Å²) in [5.74, 6) is -5.42. The van der Waals surface area contributed by atoms with E-state index in [1.807, 2.05) is 0 Å². The van der Waals surface area contributed by atoms with Gasteiger partial charge in [0.15, 0.2) is 17.2 Å². The number of halogens is 3. The van der Waals surface area contributed by atoms with Crippen LogP contribution < -0.4 is 10.4 Å². The molecule has 9 nitrogen and oxygen atoms in total. The smallest absolute Gasteiger partial charge is 0.278 e. The van der Waals surface area contributed by atoms with Crippen LogP contribution in [0.2, 0.25) is 0 Å². The zero-order valence-corrected chi connectivity index (χ0v) is 20.1. The van der Waals surface area contributed by atoms with Crippen LogP contribution in [0.4, 0.5) is 13.2 Å². The molecule has 2 amide bonds. The number of Topliss-reactive ketones (excluding diaryl/α,β-unsaturated/α-hetero) is 1. The Bertz CT molecular complexity index is 1470. The summed E-state index contributed by atoms with van der Waals surface area (Å²) in [7, 11) is 1.27. The third kappa shape index (κ3) is 5.30. The van der Waals surface area contributed by atoms with Crippen molar-refractivity contribution in [1.82, 2.24) is 9.58 Å². The van der Waals surface area contributed by atoms with Gasteiger partial charge in [0.25, 0.3) is 11.8 Å². The van der Waals surface area contributed by atoms with Crippen LogP contribution in [0, 0.1) is 17.5 Å². The maximum absolute atomic E-state index is 14.0. The second-order valence-electron chi connectivity index (χ2n) is 8.57. The van der Waals surface area contributed by atoms with Gasteiger partial charge in [0.1, 0.15) is 30.7 Å². The Labute approximate surface area is 214 Å². The highest BCUT2D eigenvalue weighted by atomic mass is 19.1. The quantitative estimate of drug-likeness (QED) is 0.450. The van der Waals surface area contributed by atoms with E-state index in [-0.39, 0.29) is 31.6 Å². The van der Waals surface area contributed by atoms with Gasteiger partial charge < -0.3 is 14.7 Å². The monoisotopic (exact) mass is 529 g/mol. The summed E-state index contributed by atoms with van der Waals surface area (Å²) in [6, 6.07) is 8.16. The molecule has 4 rings (SSSR count). The molecule has 1 N–H and O–H groups in total. The van der Waals surface area contributed by atoms with Gasteiger partial charge in [-0.3, -0.25) is 19.2 Å². The number of carbonyl (C=O) groups excluding carboxylic acids is 3. The Morgan fingerprint density at radius 3 is 2.37 bits per heavy atom. The van der Waals surface area contributed by atoms with Crippen LogP contribution in [-0.2, 0) is 22.5 Å². The first-order valence-corrected chi connectivity index (χ1v) is 11.4. The summed E-state index contributed by atoms with van der Waals surface area (Å²) in [4.78, 5) is 53.1. The summed E-state index contributed by atoms with van der Waals surface area (Å²) in [5, 5.41) is 11.7. The van der Waals surface area contributed by atoms with E-state index in [0.717, 1.165) is 26.8 Å². The molecule has 198 valence electrons. The molecule has 2 heterocycles. The van der Waals surface area contributed by atoms with E-state index in [2.05, 4.69) is 0 Å². The molecule has 12 heteroatoms. The molecule has 0 radical (unpaired) electrons. The largest absolute Gasteiger partial charge is 0.502 e. The molecule has 0 saturated carbocycles. The van der Waals surface area contributed by atoms with Crippen LogP contribution >= 0.6 is 0 Å². The molecule has 0 atom stereocenters. The Hall–Kier alpha value is -4.45. The van der Waals surface area contributed by atoms with Crippen molar-refractivity contribution in [2.75, 3.05) is 25.4 Å². The third-order valence-electron chi connectivity index (χ3n) is 6.00. The molecule has 0 aliphatic carbocycles. The molecule has 38 heavy (non-hydrogen) atoms. The van der Waals surface area contributed by atoms with Crippen molar-refractivity contribution < 1.29 is 37.4 Å². The number of hydrogen-bond acceptors (Lipinski definition) is 6. The fraction of sp³-hybridized carbons (Fsp3) is 0.231. The zero-order valence-electron chi connectivity index (χ0n) is 20.1. The SMILES string of the molecule is COCC(=O)N1CN(Cc2ccc(F)cc2)C(=O)c2c(O)c(=O)c(C(=O)CCc3ccc(F)cc3F)cn21. The van der Waals surface area contributed by atoms with Crippen molar-refractivity contribution in [3.05, 3.63) is 98.7 Å². The van der Waals surface area contributed by atoms with E-state index in [1.54, 1.807) is 0 Å². The lowest BCUT2D eigenvalue weighted by Gasteiger charge is -2.38. The fourth-order valence-electron chi connectivity index (χ4n) is 4.06. The third-order valence-corrected chi connectivity index (χ3v) is 6.00. The summed E-state index contributed by atoms with van der Waals surface area (Å²) >= 11 is 0. The van der Waals surface area contributed by atoms with Crippen molar-refractivity contribution in [3.63, 3.8) is 0 Å². The molecular weight excluding hydrogens is 507 g/mol. The highest BCUT2D eigenvalue weighted by Crippen LogP contribution is 2.24. The van der Waals surface area contributed by atoms with Gasteiger partial charge >= 0.3 is 0 Å². The highest BCUT2D eigenvalue weighted by molar-refractivity contribution is 6.02. The van der Waals surface area contributed by atoms with Gasteiger partial charge in [0.05, 0.1) is 5.56 Å². The number of aromatic nitrogens is 1. The minimum Gasteiger partial charge on any atom is -0.502 e. The first-order chi connectivity index (χ1) is 18.1. The first-order valence-electron chi connectivity index (χ1n) is 11.4. The van der Waals surface area contributed by atoms with E-state index in [0.29, 0.717) is 11.6 Å². The maximum Gasteiger partial charge on any atom is 0.278 e. The molecule has 1 aliphatic rings. The average molecular weight is 529 g/mol. The molecule has 2 aromatic carbocycles. The van der Waals surface area contributed by atoms with Crippen molar-refractivity contribution in [2.45, 2.75) is 19.4 Å². The molecule has 0 saturated heterocycles. The predicted octanol–water partition coefficient (Wildman–Crippen LogP) is 2.51. The van der Waals surface area contributed by atoms with Crippen molar-refractivity contribution in [1.29, 1.82) is 0 Å². The van der Waals surface area contributed by atoms with Crippen LogP contribution in [0.5, 0.6) is 5.75 Å². The molecular formula is C26H22F3N3O6. The minimum atomic E-state index is -1.14. The maximum atomic E-state index is 14.0. The number of pyridine rings is 1. The molecule has 0 spiro atoms. The Morgan fingerprint density at radius 2 is 1.71 bits per heavy atom. The number of aryl methyl sites for hydroxylation is 1. The Kier molecular flexibility index (Phi) is 7.62. The van der Waals surface area contributed by atoms with Gasteiger partial charge in [0, 0.05) is 32.3 Å². The number of hydrogen-bond donors (Lipinski definition) is 1. The van der Waals surface area contributed by atoms with E-state index >= 15 is 0 Å². The minimum absolute atomic E-state index is 0.0468. The number of rotatable bonds is 8. The number of benzene rings is 2. The first kappa shape index (κ1) is 26.6. The van der Waals surface area contributed by atoms with E-state index in [1.165, 1.54) is 37.4 Å². The van der Waals surface area contributed by atoms with Crippen LogP contribution in [0.3, 0.4) is 0 Å². The standard InChI is InChI=1S/C26H22F3N3O6/c1-38-13-22(34)32-14-30(11-15-2-6-17(27)7-3-15)26(37)23-25(36)24(35)19(12-31(23)32)21(33)9-5-16-4-8-18(28)10-20(16)29/h2-4,6-8,10,12,36H,5,9,11,13-14H2,1H3. The van der Waals surface area contributed by atoms with Gasteiger partial charge in [-0.2, -0.15) is 0 Å². The van der Waals surface area contributed by atoms with Crippen molar-refractivity contribution >= 4 is 17.6 Å². The number of carbonyl (C=O) groups is 3. The second-order valence-corrected chi connectivity index (χ2v) is 8.57. The number of methoxy groups -OCH3 is 1. The van der Waals surface area contributed by atoms with Crippen LogP contribution in [0.15, 0.2) is 53.5 Å². The van der Waals surface area contributed by atoms with Crippen LogP contribution in [0.1, 0.15) is 38.4 Å². The molecule has 0 bridgehead atoms. The Morgan fingerprint density at radius 1 is 1.03 bits per heavy atom. The average Bonchev–Trinajstić information content (AvgIpc) is 2.88. The van der Waals surface area contributed by atoms with Gasteiger partial charge in [-0.15, -0.1) is 0 Å². The molecule has 1 aromatic heterocycles. The molecule has 1 aliphatic heterocycles. The molecule has 0 unspecified atom stereocenters. The lowest BCUT2D eigenvalue weighted by atomic mass is 10.0. The van der Waals surface area contributed by atoms with Crippen LogP contribution in [-0.4, -0.2) is 52.7 Å². The number of fused-ring (bicyclic) bond motifs is 1. The topological polar surface area (TPSA) is 109 Å². The number of ketones is 1. The lowest BCUT2D eigenvalue weighted by molar-refractivity contribution is -0.124. The van der Waals surface area contributed by atoms with Crippen molar-refractivity contribution in [2.24, 2.45) is 0 Å². The van der Waals surface area contributed by atoms with Gasteiger partial charge in [0.2, 0.25) is 5.43 Å². The van der Waals surface area contributed by atoms with Gasteiger partial charge in [-0.05, 0) is 35.7 Å². The summed E-state index contributed by atoms with van der Waals surface area (Å²) < 4.78 is 46.2. The van der Waals surface area contributed by atoms with Crippen molar-refractivity contribution in [3.8, 4) is 5.75 Å². The fourth-order valence-corrected chi connectivity index (χ4v) is 4.06. The van der Waals surface area contributed by atoms with E-state index in [9.17, 15) is 37.5 Å². The predicted molar refractivity (Wildman–Crippen MR) is 128 cm³/mol. The van der Waals surface area contributed by atoms with E-state index in [4.69, 9.17) is 4.74 Å². The van der Waals surface area contributed by atoms with Crippen LogP contribution in [0.25, 0.3) is 0 Å². The number of amides is 2. The van der Waals surface area contributed by atoms with Gasteiger partial charge in [-0.1, -0.05) is 18.2 Å². The highest BCUT2D eigenvalue weighted by Gasteiger charge is 2.36. The van der Waals surface area contributed by atoms with Gasteiger partial charge in [-0.25, -0.2) is 22.9 Å².